The van der Waals surface area contributed by atoms with Crippen LogP contribution in [0.25, 0.3) is 0 Å². The molecule has 0 aromatic rings. The quantitative estimate of drug-likeness (QED) is 0.269. The predicted molar refractivity (Wildman–Crippen MR) is 117 cm³/mol. The van der Waals surface area contributed by atoms with Gasteiger partial charge in [-0.1, -0.05) is 27.7 Å². The van der Waals surface area contributed by atoms with E-state index in [0.717, 1.165) is 0 Å². The van der Waals surface area contributed by atoms with Crippen molar-refractivity contribution in [3.8, 4) is 0 Å². The van der Waals surface area contributed by atoms with Crippen molar-refractivity contribution >= 4 is 23.5 Å². The third-order valence-electron chi connectivity index (χ3n) is 5.20. The number of ketones is 1. The Morgan fingerprint density at radius 3 is 2.29 bits per heavy atom. The Hall–Kier alpha value is -2.04. The summed E-state index contributed by atoms with van der Waals surface area (Å²) in [7, 11) is 0. The molecule has 31 heavy (non-hydrogen) atoms. The van der Waals surface area contributed by atoms with Crippen molar-refractivity contribution in [3.05, 3.63) is 0 Å². The monoisotopic (exact) mass is 441 g/mol. The minimum absolute atomic E-state index is 0.125. The average Bonchev–Trinajstić information content (AvgIpc) is 2.69. The van der Waals surface area contributed by atoms with E-state index in [1.807, 2.05) is 13.8 Å². The maximum atomic E-state index is 12.9. The third kappa shape index (κ3) is 8.19. The molecule has 1 rings (SSSR count). The molecule has 1 aliphatic rings. The number of hydrogen-bond acceptors (Lipinski definition) is 7. The molecule has 0 aromatic heterocycles. The molecule has 1 saturated heterocycles. The van der Waals surface area contributed by atoms with Gasteiger partial charge >= 0.3 is 0 Å². The number of rotatable bonds is 11. The van der Waals surface area contributed by atoms with E-state index >= 15 is 0 Å². The molecule has 10 nitrogen and oxygen atoms in total. The van der Waals surface area contributed by atoms with E-state index in [4.69, 9.17) is 5.73 Å². The Kier molecular flexibility index (Phi) is 11.1. The molecule has 0 aliphatic carbocycles. The number of aliphatic hydroxyl groups is 1. The van der Waals surface area contributed by atoms with Gasteiger partial charge in [-0.3, -0.25) is 19.2 Å². The molecule has 3 amide bonds. The van der Waals surface area contributed by atoms with E-state index in [-0.39, 0.29) is 43.0 Å². The van der Waals surface area contributed by atoms with Gasteiger partial charge in [0, 0.05) is 32.0 Å². The first kappa shape index (κ1) is 27.0. The molecule has 0 radical (unpaired) electrons. The van der Waals surface area contributed by atoms with Crippen LogP contribution < -0.4 is 21.7 Å². The zero-order chi connectivity index (χ0) is 23.7. The lowest BCUT2D eigenvalue weighted by molar-refractivity contribution is -0.143. The Morgan fingerprint density at radius 2 is 1.77 bits per heavy atom. The molecule has 0 aromatic carbocycles. The first-order chi connectivity index (χ1) is 14.5. The van der Waals surface area contributed by atoms with Crippen molar-refractivity contribution in [1.82, 2.24) is 20.9 Å². The van der Waals surface area contributed by atoms with Crippen LogP contribution in [-0.4, -0.2) is 83.9 Å². The van der Waals surface area contributed by atoms with Crippen LogP contribution in [0.2, 0.25) is 0 Å². The fourth-order valence-electron chi connectivity index (χ4n) is 3.47. The van der Waals surface area contributed by atoms with Crippen LogP contribution in [0.15, 0.2) is 0 Å². The highest BCUT2D eigenvalue weighted by molar-refractivity contribution is 5.95. The molecule has 1 fully saturated rings. The zero-order valence-corrected chi connectivity index (χ0v) is 19.3. The fourth-order valence-corrected chi connectivity index (χ4v) is 3.47. The smallest absolute Gasteiger partial charge is 0.245 e. The van der Waals surface area contributed by atoms with Crippen LogP contribution >= 0.6 is 0 Å². The van der Waals surface area contributed by atoms with Gasteiger partial charge in [-0.05, 0) is 25.8 Å². The highest BCUT2D eigenvalue weighted by Crippen LogP contribution is 2.11. The molecule has 1 unspecified atom stereocenters. The summed E-state index contributed by atoms with van der Waals surface area (Å²) < 4.78 is 0. The predicted octanol–water partition coefficient (Wildman–Crippen LogP) is -1.24. The van der Waals surface area contributed by atoms with E-state index < -0.39 is 36.0 Å². The SMILES string of the molecule is CC(C)CC(=O)N1CCNC[C@H]1C(=O)N[C@H](C(=O)N[C@@H](CCN)C(=O)C(C)C)C(C)O. The molecule has 0 bridgehead atoms. The van der Waals surface area contributed by atoms with Gasteiger partial charge < -0.3 is 31.7 Å². The Balaban J connectivity index is 2.92. The van der Waals surface area contributed by atoms with E-state index in [1.54, 1.807) is 13.8 Å². The lowest BCUT2D eigenvalue weighted by atomic mass is 9.98. The first-order valence-electron chi connectivity index (χ1n) is 11.0. The normalized spacial score (nSPS) is 19.6. The number of carbonyl (C=O) groups excluding carboxylic acids is 4. The first-order valence-corrected chi connectivity index (χ1v) is 11.0. The van der Waals surface area contributed by atoms with Crippen LogP contribution in [0.1, 0.15) is 47.5 Å². The topological polar surface area (TPSA) is 154 Å². The molecular formula is C21H39N5O5. The van der Waals surface area contributed by atoms with Crippen molar-refractivity contribution < 1.29 is 24.3 Å². The van der Waals surface area contributed by atoms with Crippen molar-refractivity contribution in [2.45, 2.75) is 71.7 Å². The maximum Gasteiger partial charge on any atom is 0.245 e. The number of Topliss-reactive ketones (excluding diaryl/α,β-unsaturated/α-hetero) is 1. The summed E-state index contributed by atoms with van der Waals surface area (Å²) in [5, 5.41) is 18.4. The van der Waals surface area contributed by atoms with Gasteiger partial charge in [0.2, 0.25) is 17.7 Å². The fraction of sp³-hybridized carbons (Fsp3) is 0.810. The number of carbonyl (C=O) groups is 4. The molecule has 1 aliphatic heterocycles. The standard InChI is InChI=1S/C21H39N5O5/c1-12(2)10-17(28)26-9-8-23-11-16(26)20(30)25-18(14(5)27)21(31)24-15(6-7-22)19(29)13(3)4/h12-16,18,23,27H,6-11,22H2,1-5H3,(H,24,31)(H,25,30)/t14?,15-,16-,18-/m0/s1. The van der Waals surface area contributed by atoms with Crippen LogP contribution in [-0.2, 0) is 19.2 Å². The average molecular weight is 442 g/mol. The second kappa shape index (κ2) is 12.7. The van der Waals surface area contributed by atoms with Gasteiger partial charge in [0.1, 0.15) is 12.1 Å². The van der Waals surface area contributed by atoms with Gasteiger partial charge in [0.05, 0.1) is 12.1 Å². The van der Waals surface area contributed by atoms with Crippen molar-refractivity contribution in [2.24, 2.45) is 17.6 Å². The number of amides is 3. The summed E-state index contributed by atoms with van der Waals surface area (Å²) in [6.45, 7) is 10.1. The molecule has 4 atom stereocenters. The van der Waals surface area contributed by atoms with Crippen LogP contribution in [0.3, 0.4) is 0 Å². The van der Waals surface area contributed by atoms with E-state index in [9.17, 15) is 24.3 Å². The van der Waals surface area contributed by atoms with Crippen molar-refractivity contribution in [2.75, 3.05) is 26.2 Å². The van der Waals surface area contributed by atoms with Crippen molar-refractivity contribution in [3.63, 3.8) is 0 Å². The summed E-state index contributed by atoms with van der Waals surface area (Å²) in [4.78, 5) is 52.2. The number of nitrogens with one attached hydrogen (secondary N) is 3. The zero-order valence-electron chi connectivity index (χ0n) is 19.3. The minimum Gasteiger partial charge on any atom is -0.391 e. The number of piperazine rings is 1. The molecule has 0 spiro atoms. The molecule has 10 heteroatoms. The Morgan fingerprint density at radius 1 is 1.13 bits per heavy atom. The summed E-state index contributed by atoms with van der Waals surface area (Å²) in [5.41, 5.74) is 5.57. The van der Waals surface area contributed by atoms with Crippen LogP contribution in [0, 0.1) is 11.8 Å². The van der Waals surface area contributed by atoms with Gasteiger partial charge in [0.15, 0.2) is 5.78 Å². The molecule has 0 saturated carbocycles. The van der Waals surface area contributed by atoms with Crippen LogP contribution in [0.4, 0.5) is 0 Å². The second-order valence-electron chi connectivity index (χ2n) is 8.83. The molecule has 6 N–H and O–H groups in total. The van der Waals surface area contributed by atoms with Crippen LogP contribution in [0.5, 0.6) is 0 Å². The largest absolute Gasteiger partial charge is 0.391 e. The highest BCUT2D eigenvalue weighted by atomic mass is 16.3. The third-order valence-corrected chi connectivity index (χ3v) is 5.20. The maximum absolute atomic E-state index is 12.9. The van der Waals surface area contributed by atoms with Gasteiger partial charge in [-0.15, -0.1) is 0 Å². The summed E-state index contributed by atoms with van der Waals surface area (Å²) in [6, 6.07) is -2.85. The van der Waals surface area contributed by atoms with Gasteiger partial charge in [0.25, 0.3) is 0 Å². The molecule has 1 heterocycles. The number of nitrogens with two attached hydrogens (primary N) is 1. The Bertz CT molecular complexity index is 638. The second-order valence-corrected chi connectivity index (χ2v) is 8.83. The Labute approximate surface area is 184 Å². The summed E-state index contributed by atoms with van der Waals surface area (Å²) in [6.07, 6.45) is -0.622. The lowest BCUT2D eigenvalue weighted by Gasteiger charge is -2.36. The number of nitrogens with zero attached hydrogens (tertiary/aromatic N) is 1. The van der Waals surface area contributed by atoms with E-state index in [1.165, 1.54) is 11.8 Å². The van der Waals surface area contributed by atoms with Crippen molar-refractivity contribution in [1.29, 1.82) is 0 Å². The number of hydrogen-bond donors (Lipinski definition) is 5. The summed E-state index contributed by atoms with van der Waals surface area (Å²) in [5.74, 6) is -1.64. The van der Waals surface area contributed by atoms with Gasteiger partial charge in [-0.2, -0.15) is 0 Å². The number of aliphatic hydroxyl groups excluding tert-OH is 1. The molecular weight excluding hydrogens is 402 g/mol. The molecule has 178 valence electrons. The van der Waals surface area contributed by atoms with E-state index in [0.29, 0.717) is 19.5 Å². The highest BCUT2D eigenvalue weighted by Gasteiger charge is 2.36. The summed E-state index contributed by atoms with van der Waals surface area (Å²) >= 11 is 0. The lowest BCUT2D eigenvalue weighted by Crippen LogP contribution is -2.63. The van der Waals surface area contributed by atoms with Gasteiger partial charge in [-0.25, -0.2) is 0 Å². The minimum atomic E-state index is -1.27. The van der Waals surface area contributed by atoms with E-state index in [2.05, 4.69) is 16.0 Å².